The van der Waals surface area contributed by atoms with Gasteiger partial charge >= 0.3 is 0 Å². The van der Waals surface area contributed by atoms with Gasteiger partial charge in [-0.15, -0.1) is 0 Å². The zero-order valence-electron chi connectivity index (χ0n) is 11.5. The first-order valence-electron chi connectivity index (χ1n) is 7.29. The standard InChI is InChI=1S/C14H29NO2/c1-3-6-14-12-13(7-11-17-14)15-8-5-10-16-9-4-2/h13-15H,3-12H2,1-2H3. The minimum atomic E-state index is 0.489. The van der Waals surface area contributed by atoms with Crippen molar-refractivity contribution in [1.29, 1.82) is 0 Å². The fourth-order valence-corrected chi connectivity index (χ4v) is 2.32. The van der Waals surface area contributed by atoms with Crippen LogP contribution in [0.5, 0.6) is 0 Å². The fraction of sp³-hybridized carbons (Fsp3) is 1.00. The molecule has 1 aliphatic rings. The molecule has 3 nitrogen and oxygen atoms in total. The molecule has 102 valence electrons. The molecule has 1 heterocycles. The molecule has 3 heteroatoms. The predicted molar refractivity (Wildman–Crippen MR) is 71.4 cm³/mol. The number of hydrogen-bond acceptors (Lipinski definition) is 3. The smallest absolute Gasteiger partial charge is 0.0589 e. The van der Waals surface area contributed by atoms with Gasteiger partial charge in [0.1, 0.15) is 0 Å². The molecule has 2 atom stereocenters. The van der Waals surface area contributed by atoms with Gasteiger partial charge in [-0.2, -0.15) is 0 Å². The lowest BCUT2D eigenvalue weighted by atomic mass is 10.00. The van der Waals surface area contributed by atoms with Gasteiger partial charge in [0, 0.05) is 25.9 Å². The van der Waals surface area contributed by atoms with Crippen molar-refractivity contribution in [1.82, 2.24) is 5.32 Å². The molecular weight excluding hydrogens is 214 g/mol. The SMILES string of the molecule is CCCOCCCNC1CCOC(CCC)C1. The maximum atomic E-state index is 5.74. The van der Waals surface area contributed by atoms with Crippen LogP contribution in [0.25, 0.3) is 0 Å². The molecule has 0 saturated carbocycles. The molecule has 0 aromatic carbocycles. The summed E-state index contributed by atoms with van der Waals surface area (Å²) in [6.45, 7) is 8.17. The highest BCUT2D eigenvalue weighted by Gasteiger charge is 2.20. The summed E-state index contributed by atoms with van der Waals surface area (Å²) in [4.78, 5) is 0. The van der Waals surface area contributed by atoms with Crippen molar-refractivity contribution < 1.29 is 9.47 Å². The molecular formula is C14H29NO2. The van der Waals surface area contributed by atoms with E-state index in [0.29, 0.717) is 12.1 Å². The van der Waals surface area contributed by atoms with E-state index < -0.39 is 0 Å². The Kier molecular flexibility index (Phi) is 8.67. The average molecular weight is 243 g/mol. The van der Waals surface area contributed by atoms with Gasteiger partial charge in [0.15, 0.2) is 0 Å². The van der Waals surface area contributed by atoms with E-state index >= 15 is 0 Å². The Hall–Kier alpha value is -0.120. The van der Waals surface area contributed by atoms with E-state index in [1.165, 1.54) is 19.3 Å². The molecule has 0 amide bonds. The lowest BCUT2D eigenvalue weighted by Crippen LogP contribution is -2.39. The molecule has 1 fully saturated rings. The summed E-state index contributed by atoms with van der Waals surface area (Å²) < 4.78 is 11.2. The van der Waals surface area contributed by atoms with E-state index in [9.17, 15) is 0 Å². The van der Waals surface area contributed by atoms with E-state index in [4.69, 9.17) is 9.47 Å². The van der Waals surface area contributed by atoms with Crippen molar-refractivity contribution in [3.8, 4) is 0 Å². The van der Waals surface area contributed by atoms with Crippen molar-refractivity contribution in [3.05, 3.63) is 0 Å². The summed E-state index contributed by atoms with van der Waals surface area (Å²) >= 11 is 0. The van der Waals surface area contributed by atoms with Crippen LogP contribution in [0, 0.1) is 0 Å². The van der Waals surface area contributed by atoms with E-state index in [-0.39, 0.29) is 0 Å². The van der Waals surface area contributed by atoms with Crippen LogP contribution in [0.4, 0.5) is 0 Å². The van der Waals surface area contributed by atoms with Crippen LogP contribution in [-0.2, 0) is 9.47 Å². The maximum Gasteiger partial charge on any atom is 0.0589 e. The quantitative estimate of drug-likeness (QED) is 0.632. The first kappa shape index (κ1) is 14.9. The van der Waals surface area contributed by atoms with Crippen molar-refractivity contribution in [2.45, 2.75) is 64.5 Å². The van der Waals surface area contributed by atoms with Gasteiger partial charge in [-0.05, 0) is 38.6 Å². The second-order valence-corrected chi connectivity index (χ2v) is 4.92. The lowest BCUT2D eigenvalue weighted by molar-refractivity contribution is -0.00341. The number of hydrogen-bond donors (Lipinski definition) is 1. The fourth-order valence-electron chi connectivity index (χ4n) is 2.32. The minimum absolute atomic E-state index is 0.489. The first-order chi connectivity index (χ1) is 8.36. The van der Waals surface area contributed by atoms with Crippen LogP contribution < -0.4 is 5.32 Å². The predicted octanol–water partition coefficient (Wildman–Crippen LogP) is 2.74. The molecule has 2 unspecified atom stereocenters. The van der Waals surface area contributed by atoms with E-state index in [1.807, 2.05) is 0 Å². The Balaban J connectivity index is 1.98. The largest absolute Gasteiger partial charge is 0.381 e. The molecule has 17 heavy (non-hydrogen) atoms. The summed E-state index contributed by atoms with van der Waals surface area (Å²) in [5.74, 6) is 0. The van der Waals surface area contributed by atoms with Crippen LogP contribution in [0.15, 0.2) is 0 Å². The normalized spacial score (nSPS) is 25.1. The topological polar surface area (TPSA) is 30.5 Å². The Morgan fingerprint density at radius 3 is 2.88 bits per heavy atom. The summed E-state index contributed by atoms with van der Waals surface area (Å²) in [5, 5.41) is 3.63. The number of ether oxygens (including phenoxy) is 2. The Bertz CT molecular complexity index is 174. The molecule has 0 bridgehead atoms. The molecule has 1 rings (SSSR count). The van der Waals surface area contributed by atoms with Gasteiger partial charge in [-0.1, -0.05) is 20.3 Å². The molecule has 0 spiro atoms. The van der Waals surface area contributed by atoms with Crippen molar-refractivity contribution >= 4 is 0 Å². The van der Waals surface area contributed by atoms with Gasteiger partial charge in [0.25, 0.3) is 0 Å². The highest BCUT2D eigenvalue weighted by molar-refractivity contribution is 4.76. The van der Waals surface area contributed by atoms with Crippen LogP contribution in [0.3, 0.4) is 0 Å². The van der Waals surface area contributed by atoms with E-state index in [2.05, 4.69) is 19.2 Å². The van der Waals surface area contributed by atoms with Crippen LogP contribution in [-0.4, -0.2) is 38.5 Å². The first-order valence-corrected chi connectivity index (χ1v) is 7.29. The van der Waals surface area contributed by atoms with Gasteiger partial charge in [-0.25, -0.2) is 0 Å². The molecule has 0 aromatic rings. The monoisotopic (exact) mass is 243 g/mol. The van der Waals surface area contributed by atoms with E-state index in [1.54, 1.807) is 0 Å². The third-order valence-corrected chi connectivity index (χ3v) is 3.22. The van der Waals surface area contributed by atoms with Gasteiger partial charge in [0.05, 0.1) is 6.10 Å². The van der Waals surface area contributed by atoms with Crippen LogP contribution in [0.1, 0.15) is 52.4 Å². The van der Waals surface area contributed by atoms with Gasteiger partial charge < -0.3 is 14.8 Å². The van der Waals surface area contributed by atoms with Gasteiger partial charge in [-0.3, -0.25) is 0 Å². The summed E-state index contributed by atoms with van der Waals surface area (Å²) in [6.07, 6.45) is 7.50. The van der Waals surface area contributed by atoms with Gasteiger partial charge in [0.2, 0.25) is 0 Å². The van der Waals surface area contributed by atoms with Crippen molar-refractivity contribution in [2.75, 3.05) is 26.4 Å². The zero-order chi connectivity index (χ0) is 12.3. The number of rotatable bonds is 9. The zero-order valence-corrected chi connectivity index (χ0v) is 11.5. The Labute approximate surface area is 106 Å². The summed E-state index contributed by atoms with van der Waals surface area (Å²) in [7, 11) is 0. The van der Waals surface area contributed by atoms with Crippen molar-refractivity contribution in [2.24, 2.45) is 0 Å². The lowest BCUT2D eigenvalue weighted by Gasteiger charge is -2.30. The van der Waals surface area contributed by atoms with Crippen LogP contribution >= 0.6 is 0 Å². The third-order valence-electron chi connectivity index (χ3n) is 3.22. The molecule has 0 radical (unpaired) electrons. The van der Waals surface area contributed by atoms with Crippen LogP contribution in [0.2, 0.25) is 0 Å². The van der Waals surface area contributed by atoms with E-state index in [0.717, 1.165) is 45.6 Å². The molecule has 1 aliphatic heterocycles. The van der Waals surface area contributed by atoms with Crippen molar-refractivity contribution in [3.63, 3.8) is 0 Å². The Morgan fingerprint density at radius 1 is 1.24 bits per heavy atom. The molecule has 1 saturated heterocycles. The minimum Gasteiger partial charge on any atom is -0.381 e. The number of nitrogens with one attached hydrogen (secondary N) is 1. The Morgan fingerprint density at radius 2 is 2.12 bits per heavy atom. The highest BCUT2D eigenvalue weighted by atomic mass is 16.5. The average Bonchev–Trinajstić information content (AvgIpc) is 2.35. The molecule has 0 aliphatic carbocycles. The second-order valence-electron chi connectivity index (χ2n) is 4.92. The maximum absolute atomic E-state index is 5.74. The third kappa shape index (κ3) is 7.02. The summed E-state index contributed by atoms with van der Waals surface area (Å²) in [6, 6.07) is 0.659. The summed E-state index contributed by atoms with van der Waals surface area (Å²) in [5.41, 5.74) is 0. The highest BCUT2D eigenvalue weighted by Crippen LogP contribution is 2.17. The molecule has 1 N–H and O–H groups in total. The second kappa shape index (κ2) is 9.86. The molecule has 0 aromatic heterocycles.